The van der Waals surface area contributed by atoms with E-state index in [1.807, 2.05) is 38.2 Å². The summed E-state index contributed by atoms with van der Waals surface area (Å²) in [7, 11) is 0. The fourth-order valence-electron chi connectivity index (χ4n) is 11.8. The van der Waals surface area contributed by atoms with Gasteiger partial charge < -0.3 is 0 Å². The number of rotatable bonds is 11. The van der Waals surface area contributed by atoms with E-state index in [9.17, 15) is 0 Å². The van der Waals surface area contributed by atoms with Crippen LogP contribution in [0.1, 0.15) is 25.0 Å². The molecule has 4 heterocycles. The molecule has 7 heteroatoms. The summed E-state index contributed by atoms with van der Waals surface area (Å²) in [5.41, 5.74) is 21.3. The number of aryl methyl sites for hydroxylation is 2. The molecular formula is C78H61N7. The topological polar surface area (TPSA) is 66.3 Å². The van der Waals surface area contributed by atoms with Crippen molar-refractivity contribution >= 4 is 43.9 Å². The first kappa shape index (κ1) is 53.3. The van der Waals surface area contributed by atoms with Crippen LogP contribution in [0.2, 0.25) is 0 Å². The van der Waals surface area contributed by atoms with Gasteiger partial charge in [0, 0.05) is 44.4 Å². The Hall–Kier alpha value is -11.0. The minimum absolute atomic E-state index is 0.624. The lowest BCUT2D eigenvalue weighted by Crippen LogP contribution is -2.04. The average Bonchev–Trinajstić information content (AvgIpc) is 2.10. The van der Waals surface area contributed by atoms with Gasteiger partial charge in [-0.15, -0.1) is 0 Å². The first-order chi connectivity index (χ1) is 42.0. The Morgan fingerprint density at radius 1 is 0.329 bits per heavy atom. The maximum absolute atomic E-state index is 5.51. The largest absolute Gasteiger partial charge is 0.292 e. The number of aromatic nitrogens is 7. The summed E-state index contributed by atoms with van der Waals surface area (Å²) in [6.45, 7) is 10.8. The Kier molecular flexibility index (Phi) is 14.9. The van der Waals surface area contributed by atoms with Crippen LogP contribution in [0.5, 0.6) is 0 Å². The summed E-state index contributed by atoms with van der Waals surface area (Å²) in [4.78, 5) is 21.5. The van der Waals surface area contributed by atoms with Crippen LogP contribution in [0, 0.1) is 0 Å². The summed E-state index contributed by atoms with van der Waals surface area (Å²) < 4.78 is 6.89. The third kappa shape index (κ3) is 10.4. The molecule has 408 valence electrons. The Morgan fingerprint density at radius 2 is 0.706 bits per heavy atom. The molecular weight excluding hydrogens is 1030 g/mol. The molecule has 0 atom stereocenters. The van der Waals surface area contributed by atoms with Gasteiger partial charge >= 0.3 is 0 Å². The molecule has 0 fully saturated rings. The molecule has 0 aliphatic heterocycles. The highest BCUT2D eigenvalue weighted by atomic mass is 15.2. The molecule has 14 aromatic rings. The molecule has 7 nitrogen and oxygen atoms in total. The zero-order chi connectivity index (χ0) is 57.6. The van der Waals surface area contributed by atoms with Crippen molar-refractivity contribution in [2.75, 3.05) is 0 Å². The van der Waals surface area contributed by atoms with Crippen LogP contribution in [0.4, 0.5) is 0 Å². The average molecular weight is 1100 g/mol. The Bertz CT molecular complexity index is 4510. The van der Waals surface area contributed by atoms with E-state index in [2.05, 4.69) is 276 Å². The predicted molar refractivity (Wildman–Crippen MR) is 356 cm³/mol. The summed E-state index contributed by atoms with van der Waals surface area (Å²) in [6.07, 6.45) is 12.9. The first-order valence-electron chi connectivity index (χ1n) is 28.9. The highest BCUT2D eigenvalue weighted by Crippen LogP contribution is 2.45. The molecule has 0 saturated carbocycles. The van der Waals surface area contributed by atoms with Gasteiger partial charge in [0.05, 0.1) is 44.5 Å². The van der Waals surface area contributed by atoms with Crippen LogP contribution >= 0.6 is 0 Å². The van der Waals surface area contributed by atoms with Gasteiger partial charge in [0.2, 0.25) is 5.95 Å². The van der Waals surface area contributed by atoms with Gasteiger partial charge in [-0.05, 0) is 139 Å². The molecule has 0 N–H and O–H groups in total. The number of allylic oxidation sites excluding steroid dienone is 6. The van der Waals surface area contributed by atoms with E-state index in [0.29, 0.717) is 5.95 Å². The number of para-hydroxylation sites is 6. The smallest absolute Gasteiger partial charge is 0.235 e. The molecule has 10 aromatic carbocycles. The third-order valence-corrected chi connectivity index (χ3v) is 15.6. The van der Waals surface area contributed by atoms with Gasteiger partial charge in [-0.3, -0.25) is 13.7 Å². The molecule has 1 aliphatic carbocycles. The number of hydrogen-bond donors (Lipinski definition) is 0. The van der Waals surface area contributed by atoms with Crippen LogP contribution in [0.15, 0.2) is 298 Å². The molecule has 0 bridgehead atoms. The van der Waals surface area contributed by atoms with E-state index >= 15 is 0 Å². The van der Waals surface area contributed by atoms with E-state index in [1.165, 1.54) is 21.9 Å². The van der Waals surface area contributed by atoms with Gasteiger partial charge in [-0.2, -0.15) is 0 Å². The van der Waals surface area contributed by atoms with Crippen LogP contribution < -0.4 is 0 Å². The Morgan fingerprint density at radius 3 is 1.11 bits per heavy atom. The number of imidazole rings is 2. The fourth-order valence-corrected chi connectivity index (χ4v) is 11.8. The fraction of sp³-hybridized carbons (Fsp3) is 0.0513. The standard InChI is InChI=1S/C68H45N7.2C5H8/c1-5-19-44(20-6-1)58-43-59(45-21-7-2-8-22-45)72-68(71-58)75-62-41-52(46-23-17-25-50(37-46)66-69-56-31-13-15-33-60(56)73(66)54-27-9-3-10-28-54)39-48-35-36-49-40-53(42-63(75)65(49)64(48)62)47-24-18-26-51(38-47)67-70-57-32-14-16-34-61(57)74(67)55-29-11-4-12-30-55;2*1-3-5-4-2/h1-34,37-43H,35-36H2;2*3-5H,1H2,2H3/b;2*5-4-. The van der Waals surface area contributed by atoms with Crippen molar-refractivity contribution in [3.63, 3.8) is 0 Å². The van der Waals surface area contributed by atoms with Crippen molar-refractivity contribution in [2.45, 2.75) is 26.7 Å². The molecule has 15 rings (SSSR count). The zero-order valence-corrected chi connectivity index (χ0v) is 47.6. The molecule has 85 heavy (non-hydrogen) atoms. The van der Waals surface area contributed by atoms with E-state index in [1.54, 1.807) is 12.2 Å². The molecule has 1 aliphatic rings. The van der Waals surface area contributed by atoms with Gasteiger partial charge in [0.1, 0.15) is 11.6 Å². The van der Waals surface area contributed by atoms with Crippen molar-refractivity contribution in [3.05, 3.63) is 309 Å². The highest BCUT2D eigenvalue weighted by molar-refractivity contribution is 6.15. The number of fused-ring (bicyclic) bond motifs is 2. The van der Waals surface area contributed by atoms with Gasteiger partial charge in [-0.1, -0.05) is 219 Å². The van der Waals surface area contributed by atoms with Crippen LogP contribution in [-0.2, 0) is 12.8 Å². The van der Waals surface area contributed by atoms with Crippen LogP contribution in [0.3, 0.4) is 0 Å². The summed E-state index contributed by atoms with van der Waals surface area (Å²) in [5, 5.41) is 2.51. The van der Waals surface area contributed by atoms with E-state index in [0.717, 1.165) is 125 Å². The lowest BCUT2D eigenvalue weighted by atomic mass is 9.87. The lowest BCUT2D eigenvalue weighted by molar-refractivity contribution is 0.970. The second-order valence-electron chi connectivity index (χ2n) is 20.9. The molecule has 4 aromatic heterocycles. The summed E-state index contributed by atoms with van der Waals surface area (Å²) >= 11 is 0. The van der Waals surface area contributed by atoms with Gasteiger partial charge in [0.25, 0.3) is 0 Å². The normalized spacial score (nSPS) is 11.8. The second kappa shape index (κ2) is 23.8. The van der Waals surface area contributed by atoms with Gasteiger partial charge in [0.15, 0.2) is 0 Å². The minimum atomic E-state index is 0.624. The lowest BCUT2D eigenvalue weighted by Gasteiger charge is -2.17. The summed E-state index contributed by atoms with van der Waals surface area (Å²) in [6, 6.07) is 88.2. The SMILES string of the molecule is C=C/C=C\C.C=C/C=C\C.c1ccc(-c2cc(-c3ccccc3)nc(-n3c4cc(-c5cccc(-c6nc7ccccc7n6-c6ccccc6)c5)cc5c4c4c(cc(-c6cccc(-c7nc8ccccc8n7-c7ccccc7)c6)cc43)CC5)n2)cc1. The second-order valence-corrected chi connectivity index (χ2v) is 20.9. The molecule has 0 saturated heterocycles. The van der Waals surface area contributed by atoms with Gasteiger partial charge in [-0.25, -0.2) is 19.9 Å². The molecule has 0 unspecified atom stereocenters. The monoisotopic (exact) mass is 1100 g/mol. The minimum Gasteiger partial charge on any atom is -0.292 e. The highest BCUT2D eigenvalue weighted by Gasteiger charge is 2.27. The van der Waals surface area contributed by atoms with Crippen LogP contribution in [0.25, 0.3) is 129 Å². The maximum Gasteiger partial charge on any atom is 0.235 e. The number of benzene rings is 10. The van der Waals surface area contributed by atoms with Crippen molar-refractivity contribution < 1.29 is 0 Å². The first-order valence-corrected chi connectivity index (χ1v) is 28.9. The van der Waals surface area contributed by atoms with E-state index in [-0.39, 0.29) is 0 Å². The van der Waals surface area contributed by atoms with Crippen molar-refractivity contribution in [3.8, 4) is 84.9 Å². The van der Waals surface area contributed by atoms with Crippen LogP contribution in [-0.4, -0.2) is 33.6 Å². The number of nitrogens with zero attached hydrogens (tertiary/aromatic N) is 7. The molecule has 0 radical (unpaired) electrons. The third-order valence-electron chi connectivity index (χ3n) is 15.6. The number of hydrogen-bond acceptors (Lipinski definition) is 4. The predicted octanol–water partition coefficient (Wildman–Crippen LogP) is 19.8. The Labute approximate surface area is 495 Å². The summed E-state index contributed by atoms with van der Waals surface area (Å²) in [5.74, 6) is 2.43. The van der Waals surface area contributed by atoms with Crippen molar-refractivity contribution in [1.29, 1.82) is 0 Å². The van der Waals surface area contributed by atoms with E-state index in [4.69, 9.17) is 19.9 Å². The van der Waals surface area contributed by atoms with E-state index < -0.39 is 0 Å². The quantitative estimate of drug-likeness (QED) is 0.121. The van der Waals surface area contributed by atoms with Crippen molar-refractivity contribution in [2.24, 2.45) is 0 Å². The molecule has 0 spiro atoms. The van der Waals surface area contributed by atoms with Crippen molar-refractivity contribution in [1.82, 2.24) is 33.6 Å². The molecule has 0 amide bonds. The Balaban J connectivity index is 0.000000624. The zero-order valence-electron chi connectivity index (χ0n) is 47.6. The maximum atomic E-state index is 5.51.